The molecule has 0 aliphatic carbocycles. The predicted octanol–water partition coefficient (Wildman–Crippen LogP) is -1.04. The van der Waals surface area contributed by atoms with Crippen LogP contribution in [-0.4, -0.2) is 36.3 Å². The Morgan fingerprint density at radius 3 is 3.09 bits per heavy atom. The molecule has 2 amide bonds. The second-order valence-corrected chi connectivity index (χ2v) is 3.12. The average Bonchev–Trinajstić information content (AvgIpc) is 2.41. The Balaban J connectivity index is 2.20. The molecule has 0 saturated carbocycles. The summed E-state index contributed by atoms with van der Waals surface area (Å²) in [5.74, 6) is -0.303. The maximum absolute atomic E-state index is 11.1. The summed E-state index contributed by atoms with van der Waals surface area (Å²) in [6.07, 6.45) is 1.03. The molecule has 60 valence electrons. The van der Waals surface area contributed by atoms with Gasteiger partial charge in [-0.2, -0.15) is 0 Å². The molecule has 0 aromatic rings. The highest BCUT2D eigenvalue weighted by Crippen LogP contribution is 2.17. The fraction of sp³-hybridized carbons (Fsp3) is 0.714. The Bertz CT molecular complexity index is 214. The maximum atomic E-state index is 11.1. The molecule has 4 heteroatoms. The van der Waals surface area contributed by atoms with E-state index in [1.54, 1.807) is 4.90 Å². The smallest absolute Gasteiger partial charge is 0.311 e. The van der Waals surface area contributed by atoms with Gasteiger partial charge in [-0.1, -0.05) is 0 Å². The van der Waals surface area contributed by atoms with Crippen molar-refractivity contribution in [2.75, 3.05) is 19.6 Å². The number of carbonyl (C=O) groups is 2. The van der Waals surface area contributed by atoms with Gasteiger partial charge in [-0.25, -0.2) is 0 Å². The van der Waals surface area contributed by atoms with E-state index in [9.17, 15) is 9.59 Å². The highest BCUT2D eigenvalue weighted by Gasteiger charge is 2.33. The minimum Gasteiger partial charge on any atom is -0.347 e. The van der Waals surface area contributed by atoms with Crippen LogP contribution in [0, 0.1) is 5.92 Å². The minimum atomic E-state index is -0.438. The van der Waals surface area contributed by atoms with Crippen LogP contribution in [0.25, 0.3) is 0 Å². The normalized spacial score (nSPS) is 30.2. The number of nitrogens with one attached hydrogen (secondary N) is 1. The first-order chi connectivity index (χ1) is 5.27. The van der Waals surface area contributed by atoms with Crippen LogP contribution >= 0.6 is 0 Å². The fourth-order valence-electron chi connectivity index (χ4n) is 1.64. The fourth-order valence-corrected chi connectivity index (χ4v) is 1.64. The summed E-state index contributed by atoms with van der Waals surface area (Å²) < 4.78 is 0. The van der Waals surface area contributed by atoms with Crippen LogP contribution < -0.4 is 5.32 Å². The van der Waals surface area contributed by atoms with E-state index < -0.39 is 5.91 Å². The van der Waals surface area contributed by atoms with Gasteiger partial charge in [0.25, 0.3) is 0 Å². The van der Waals surface area contributed by atoms with Crippen LogP contribution in [0.5, 0.6) is 0 Å². The first-order valence-corrected chi connectivity index (χ1v) is 3.84. The number of amides is 2. The van der Waals surface area contributed by atoms with Crippen molar-refractivity contribution >= 4 is 11.8 Å². The van der Waals surface area contributed by atoms with E-state index in [4.69, 9.17) is 0 Å². The summed E-state index contributed by atoms with van der Waals surface area (Å²) in [4.78, 5) is 23.7. The van der Waals surface area contributed by atoms with Crippen molar-refractivity contribution in [3.8, 4) is 0 Å². The zero-order chi connectivity index (χ0) is 7.84. The molecule has 0 radical (unpaired) electrons. The van der Waals surface area contributed by atoms with Crippen LogP contribution in [-0.2, 0) is 9.59 Å². The lowest BCUT2D eigenvalue weighted by molar-refractivity contribution is -0.144. The molecular formula is C7H10N2O2. The summed E-state index contributed by atoms with van der Waals surface area (Å²) in [6, 6.07) is 0. The second kappa shape index (κ2) is 2.22. The number of rotatable bonds is 0. The Hall–Kier alpha value is -1.06. The highest BCUT2D eigenvalue weighted by atomic mass is 16.2. The van der Waals surface area contributed by atoms with E-state index >= 15 is 0 Å². The quantitative estimate of drug-likeness (QED) is 0.453. The molecule has 0 spiro atoms. The first-order valence-electron chi connectivity index (χ1n) is 3.84. The molecule has 1 N–H and O–H groups in total. The van der Waals surface area contributed by atoms with E-state index in [0.717, 1.165) is 19.5 Å². The largest absolute Gasteiger partial charge is 0.347 e. The summed E-state index contributed by atoms with van der Waals surface area (Å²) in [6.45, 7) is 2.19. The molecule has 2 aliphatic heterocycles. The molecule has 0 aromatic carbocycles. The molecule has 0 aromatic heterocycles. The van der Waals surface area contributed by atoms with E-state index in [-0.39, 0.29) is 5.91 Å². The van der Waals surface area contributed by atoms with E-state index in [1.807, 2.05) is 0 Å². The molecule has 4 nitrogen and oxygen atoms in total. The Labute approximate surface area is 64.5 Å². The minimum absolute atomic E-state index is 0.356. The standard InChI is InChI=1S/C7H10N2O2/c10-6-7(11)9-2-1-5(4-9)3-8-6/h5H,1-4H2,(H,8,10). The number of hydrogen-bond donors (Lipinski definition) is 1. The molecule has 2 aliphatic rings. The van der Waals surface area contributed by atoms with Crippen LogP contribution in [0.4, 0.5) is 0 Å². The topological polar surface area (TPSA) is 49.4 Å². The van der Waals surface area contributed by atoms with Gasteiger partial charge < -0.3 is 10.2 Å². The van der Waals surface area contributed by atoms with Gasteiger partial charge in [0.2, 0.25) is 0 Å². The van der Waals surface area contributed by atoms with Gasteiger partial charge in [-0.15, -0.1) is 0 Å². The SMILES string of the molecule is O=C1NCC2CCN(C2)C1=O. The van der Waals surface area contributed by atoms with Crippen LogP contribution in [0.3, 0.4) is 0 Å². The molecule has 2 heterocycles. The zero-order valence-electron chi connectivity index (χ0n) is 6.17. The monoisotopic (exact) mass is 154 g/mol. The lowest BCUT2D eigenvalue weighted by Crippen LogP contribution is -2.39. The predicted molar refractivity (Wildman–Crippen MR) is 37.7 cm³/mol. The number of hydrogen-bond acceptors (Lipinski definition) is 2. The van der Waals surface area contributed by atoms with Crippen molar-refractivity contribution in [2.45, 2.75) is 6.42 Å². The van der Waals surface area contributed by atoms with Crippen molar-refractivity contribution < 1.29 is 9.59 Å². The number of fused-ring (bicyclic) bond motifs is 2. The molecule has 2 fully saturated rings. The summed E-state index contributed by atoms with van der Waals surface area (Å²) in [5.41, 5.74) is 0. The first kappa shape index (κ1) is 6.64. The van der Waals surface area contributed by atoms with Gasteiger partial charge in [-0.05, 0) is 12.3 Å². The van der Waals surface area contributed by atoms with Crippen LogP contribution in [0.15, 0.2) is 0 Å². The lowest BCUT2D eigenvalue weighted by atomic mass is 10.1. The summed E-state index contributed by atoms with van der Waals surface area (Å²) >= 11 is 0. The van der Waals surface area contributed by atoms with Crippen molar-refractivity contribution in [1.29, 1.82) is 0 Å². The molecule has 1 atom stereocenters. The molecule has 2 saturated heterocycles. The van der Waals surface area contributed by atoms with Gasteiger partial charge in [0.15, 0.2) is 0 Å². The van der Waals surface area contributed by atoms with Crippen molar-refractivity contribution in [1.82, 2.24) is 10.2 Å². The van der Waals surface area contributed by atoms with Crippen LogP contribution in [0.2, 0.25) is 0 Å². The van der Waals surface area contributed by atoms with Crippen molar-refractivity contribution in [2.24, 2.45) is 5.92 Å². The average molecular weight is 154 g/mol. The third-order valence-corrected chi connectivity index (χ3v) is 2.32. The summed E-state index contributed by atoms with van der Waals surface area (Å²) in [5, 5.41) is 2.60. The molecule has 2 rings (SSSR count). The molecule has 2 bridgehead atoms. The highest BCUT2D eigenvalue weighted by molar-refractivity contribution is 6.35. The van der Waals surface area contributed by atoms with Gasteiger partial charge >= 0.3 is 11.8 Å². The van der Waals surface area contributed by atoms with Crippen molar-refractivity contribution in [3.05, 3.63) is 0 Å². The van der Waals surface area contributed by atoms with Gasteiger partial charge in [0.1, 0.15) is 0 Å². The van der Waals surface area contributed by atoms with Gasteiger partial charge in [0.05, 0.1) is 0 Å². The summed E-state index contributed by atoms with van der Waals surface area (Å²) in [7, 11) is 0. The second-order valence-electron chi connectivity index (χ2n) is 3.12. The maximum Gasteiger partial charge on any atom is 0.311 e. The Morgan fingerprint density at radius 2 is 2.27 bits per heavy atom. The third kappa shape index (κ3) is 0.982. The number of nitrogens with zero attached hydrogens (tertiary/aromatic N) is 1. The number of carbonyl (C=O) groups excluding carboxylic acids is 2. The van der Waals surface area contributed by atoms with E-state index in [2.05, 4.69) is 5.32 Å². The van der Waals surface area contributed by atoms with Crippen molar-refractivity contribution in [3.63, 3.8) is 0 Å². The lowest BCUT2D eigenvalue weighted by Gasteiger charge is -2.11. The van der Waals surface area contributed by atoms with E-state index in [0.29, 0.717) is 12.5 Å². The Kier molecular flexibility index (Phi) is 1.34. The molecule has 1 unspecified atom stereocenters. The van der Waals surface area contributed by atoms with E-state index in [1.165, 1.54) is 0 Å². The van der Waals surface area contributed by atoms with Gasteiger partial charge in [-0.3, -0.25) is 9.59 Å². The third-order valence-electron chi connectivity index (χ3n) is 2.32. The van der Waals surface area contributed by atoms with Crippen LogP contribution in [0.1, 0.15) is 6.42 Å². The Morgan fingerprint density at radius 1 is 1.45 bits per heavy atom. The molecule has 11 heavy (non-hydrogen) atoms. The molecular weight excluding hydrogens is 144 g/mol. The van der Waals surface area contributed by atoms with Gasteiger partial charge in [0, 0.05) is 19.6 Å². The zero-order valence-corrected chi connectivity index (χ0v) is 6.17.